The molecule has 1 aromatic rings. The lowest BCUT2D eigenvalue weighted by atomic mass is 10.1. The van der Waals surface area contributed by atoms with Gasteiger partial charge in [0.2, 0.25) is 5.91 Å². The molecule has 1 fully saturated rings. The smallest absolute Gasteiger partial charge is 0.234 e. The Hall–Kier alpha value is -0.910. The van der Waals surface area contributed by atoms with E-state index in [-0.39, 0.29) is 5.91 Å². The highest BCUT2D eigenvalue weighted by molar-refractivity contribution is 7.10. The van der Waals surface area contributed by atoms with Gasteiger partial charge in [0.15, 0.2) is 0 Å². The molecule has 1 aliphatic rings. The van der Waals surface area contributed by atoms with Gasteiger partial charge in [0.1, 0.15) is 0 Å². The van der Waals surface area contributed by atoms with Gasteiger partial charge in [-0.2, -0.15) is 0 Å². The number of likely N-dealkylation sites (tertiary alicyclic amines) is 1. The van der Waals surface area contributed by atoms with Crippen molar-refractivity contribution in [3.8, 4) is 0 Å². The molecule has 1 atom stereocenters. The van der Waals surface area contributed by atoms with Gasteiger partial charge in [0.25, 0.3) is 0 Å². The average Bonchev–Trinajstić information content (AvgIpc) is 2.82. The van der Waals surface area contributed by atoms with Gasteiger partial charge in [-0.15, -0.1) is 11.3 Å². The highest BCUT2D eigenvalue weighted by Crippen LogP contribution is 2.15. The fourth-order valence-electron chi connectivity index (χ4n) is 2.46. The lowest BCUT2D eigenvalue weighted by Crippen LogP contribution is -2.47. The van der Waals surface area contributed by atoms with Crippen LogP contribution >= 0.6 is 11.3 Å². The molecule has 4 nitrogen and oxygen atoms in total. The second-order valence-corrected chi connectivity index (χ2v) is 6.17. The Morgan fingerprint density at radius 3 is 3.11 bits per heavy atom. The van der Waals surface area contributed by atoms with Crippen LogP contribution in [-0.4, -0.2) is 43.5 Å². The molecule has 1 amide bonds. The van der Waals surface area contributed by atoms with Crippen LogP contribution < -0.4 is 10.6 Å². The van der Waals surface area contributed by atoms with E-state index in [9.17, 15) is 4.79 Å². The summed E-state index contributed by atoms with van der Waals surface area (Å²) in [6.45, 7) is 5.26. The van der Waals surface area contributed by atoms with Gasteiger partial charge in [0.05, 0.1) is 13.1 Å². The Kier molecular flexibility index (Phi) is 5.36. The van der Waals surface area contributed by atoms with Crippen LogP contribution in [0.2, 0.25) is 0 Å². The summed E-state index contributed by atoms with van der Waals surface area (Å²) in [6, 6.07) is 2.62. The van der Waals surface area contributed by atoms with Crippen molar-refractivity contribution in [3.05, 3.63) is 21.9 Å². The zero-order chi connectivity index (χ0) is 13.7. The summed E-state index contributed by atoms with van der Waals surface area (Å²) in [7, 11) is 1.99. The molecule has 19 heavy (non-hydrogen) atoms. The van der Waals surface area contributed by atoms with Crippen LogP contribution in [0, 0.1) is 6.92 Å². The minimum absolute atomic E-state index is 0.129. The molecule has 2 heterocycles. The van der Waals surface area contributed by atoms with Gasteiger partial charge in [-0.25, -0.2) is 0 Å². The highest BCUT2D eigenvalue weighted by Gasteiger charge is 2.20. The summed E-state index contributed by atoms with van der Waals surface area (Å²) in [5.41, 5.74) is 1.26. The first-order valence-electron chi connectivity index (χ1n) is 6.88. The van der Waals surface area contributed by atoms with E-state index in [4.69, 9.17) is 0 Å². The van der Waals surface area contributed by atoms with Crippen molar-refractivity contribution in [1.82, 2.24) is 15.5 Å². The van der Waals surface area contributed by atoms with Crippen LogP contribution in [-0.2, 0) is 11.3 Å². The third-order valence-electron chi connectivity index (χ3n) is 3.70. The Morgan fingerprint density at radius 1 is 1.58 bits per heavy atom. The topological polar surface area (TPSA) is 44.4 Å². The number of carbonyl (C=O) groups is 1. The first kappa shape index (κ1) is 14.5. The Morgan fingerprint density at radius 2 is 2.42 bits per heavy atom. The summed E-state index contributed by atoms with van der Waals surface area (Å²) in [6.07, 6.45) is 2.38. The number of thiophene rings is 1. The number of nitrogens with one attached hydrogen (secondary N) is 2. The maximum Gasteiger partial charge on any atom is 0.234 e. The lowest BCUT2D eigenvalue weighted by molar-refractivity contribution is -0.122. The summed E-state index contributed by atoms with van der Waals surface area (Å²) in [5.74, 6) is 0.129. The molecule has 1 aliphatic heterocycles. The van der Waals surface area contributed by atoms with Gasteiger partial charge >= 0.3 is 0 Å². The van der Waals surface area contributed by atoms with Crippen molar-refractivity contribution >= 4 is 17.2 Å². The number of carbonyl (C=O) groups excluding carboxylic acids is 1. The number of hydrogen-bond acceptors (Lipinski definition) is 4. The van der Waals surface area contributed by atoms with Gasteiger partial charge in [-0.3, -0.25) is 9.69 Å². The number of amides is 1. The molecular formula is C14H23N3OS. The second kappa shape index (κ2) is 7.03. The van der Waals surface area contributed by atoms with E-state index in [0.717, 1.165) is 13.1 Å². The molecule has 5 heteroatoms. The zero-order valence-electron chi connectivity index (χ0n) is 11.7. The summed E-state index contributed by atoms with van der Waals surface area (Å²) >= 11 is 1.70. The molecule has 106 valence electrons. The van der Waals surface area contributed by atoms with E-state index in [0.29, 0.717) is 19.1 Å². The molecule has 0 saturated carbocycles. The summed E-state index contributed by atoms with van der Waals surface area (Å²) < 4.78 is 0. The molecule has 0 bridgehead atoms. The highest BCUT2D eigenvalue weighted by atomic mass is 32.1. The monoisotopic (exact) mass is 281 g/mol. The van der Waals surface area contributed by atoms with Crippen LogP contribution in [0.5, 0.6) is 0 Å². The largest absolute Gasteiger partial charge is 0.350 e. The molecule has 1 aromatic heterocycles. The van der Waals surface area contributed by atoms with Gasteiger partial charge < -0.3 is 10.6 Å². The number of nitrogens with zero attached hydrogens (tertiary/aromatic N) is 1. The standard InChI is InChI=1S/C14H23N3OS/c1-11-5-7-19-13(11)8-16-14(18)10-17-6-3-4-12(9-17)15-2/h5,7,12,15H,3-4,6,8-10H2,1-2H3,(H,16,18). The quantitative estimate of drug-likeness (QED) is 0.856. The molecule has 0 aliphatic carbocycles. The first-order valence-corrected chi connectivity index (χ1v) is 7.76. The molecule has 1 unspecified atom stereocenters. The number of piperidine rings is 1. The fourth-order valence-corrected chi connectivity index (χ4v) is 3.30. The maximum atomic E-state index is 11.9. The minimum Gasteiger partial charge on any atom is -0.350 e. The van der Waals surface area contributed by atoms with Crippen LogP contribution in [0.25, 0.3) is 0 Å². The number of likely N-dealkylation sites (N-methyl/N-ethyl adjacent to an activating group) is 1. The van der Waals surface area contributed by atoms with Gasteiger partial charge in [-0.1, -0.05) is 0 Å². The molecule has 0 spiro atoms. The van der Waals surface area contributed by atoms with E-state index in [2.05, 4.69) is 33.9 Å². The van der Waals surface area contributed by atoms with Crippen LogP contribution in [0.15, 0.2) is 11.4 Å². The van der Waals surface area contributed by atoms with E-state index < -0.39 is 0 Å². The van der Waals surface area contributed by atoms with Crippen molar-refractivity contribution < 1.29 is 4.79 Å². The SMILES string of the molecule is CNC1CCCN(CC(=O)NCc2sccc2C)C1. The molecule has 1 saturated heterocycles. The third kappa shape index (κ3) is 4.30. The molecule has 0 aromatic carbocycles. The van der Waals surface area contributed by atoms with Crippen LogP contribution in [0.3, 0.4) is 0 Å². The molecule has 0 radical (unpaired) electrons. The summed E-state index contributed by atoms with van der Waals surface area (Å²) in [5, 5.41) is 8.38. The first-order chi connectivity index (χ1) is 9.19. The molecule has 2 N–H and O–H groups in total. The molecule has 2 rings (SSSR count). The normalized spacial score (nSPS) is 20.4. The van der Waals surface area contributed by atoms with Crippen molar-refractivity contribution in [1.29, 1.82) is 0 Å². The van der Waals surface area contributed by atoms with Gasteiger partial charge in [-0.05, 0) is 50.4 Å². The predicted octanol–water partition coefficient (Wildman–Crippen LogP) is 1.36. The molecular weight excluding hydrogens is 258 g/mol. The van der Waals surface area contributed by atoms with Crippen molar-refractivity contribution in [3.63, 3.8) is 0 Å². The van der Waals surface area contributed by atoms with Crippen LogP contribution in [0.1, 0.15) is 23.3 Å². The second-order valence-electron chi connectivity index (χ2n) is 5.17. The number of hydrogen-bond donors (Lipinski definition) is 2. The Balaban J connectivity index is 1.73. The number of aryl methyl sites for hydroxylation is 1. The summed E-state index contributed by atoms with van der Waals surface area (Å²) in [4.78, 5) is 15.4. The predicted molar refractivity (Wildman–Crippen MR) is 79.4 cm³/mol. The van der Waals surface area contributed by atoms with Crippen LogP contribution in [0.4, 0.5) is 0 Å². The van der Waals surface area contributed by atoms with E-state index in [1.54, 1.807) is 11.3 Å². The van der Waals surface area contributed by atoms with Crippen molar-refractivity contribution in [2.75, 3.05) is 26.7 Å². The minimum atomic E-state index is 0.129. The maximum absolute atomic E-state index is 11.9. The third-order valence-corrected chi connectivity index (χ3v) is 4.72. The average molecular weight is 281 g/mol. The Labute approximate surface area is 119 Å². The Bertz CT molecular complexity index is 419. The lowest BCUT2D eigenvalue weighted by Gasteiger charge is -2.31. The van der Waals surface area contributed by atoms with Gasteiger partial charge in [0, 0.05) is 17.5 Å². The van der Waals surface area contributed by atoms with E-state index >= 15 is 0 Å². The van der Waals surface area contributed by atoms with E-state index in [1.807, 2.05) is 7.05 Å². The van der Waals surface area contributed by atoms with Crippen molar-refractivity contribution in [2.24, 2.45) is 0 Å². The number of rotatable bonds is 5. The zero-order valence-corrected chi connectivity index (χ0v) is 12.6. The fraction of sp³-hybridized carbons (Fsp3) is 0.643. The van der Waals surface area contributed by atoms with Crippen molar-refractivity contribution in [2.45, 2.75) is 32.4 Å². The van der Waals surface area contributed by atoms with E-state index in [1.165, 1.54) is 23.3 Å².